The fourth-order valence-corrected chi connectivity index (χ4v) is 5.01. The molecular weight excluding hydrogens is 268 g/mol. The molecule has 112 valence electrons. The summed E-state index contributed by atoms with van der Waals surface area (Å²) in [4.78, 5) is 13.4. The van der Waals surface area contributed by atoms with Crippen LogP contribution in [-0.2, 0) is 10.2 Å². The second-order valence-electron chi connectivity index (χ2n) is 7.52. The number of hydrogen-bond acceptors (Lipinski definition) is 1. The van der Waals surface area contributed by atoms with Crippen LogP contribution in [0.1, 0.15) is 37.8 Å². The molecule has 0 unspecified atom stereocenters. The maximum Gasteiger partial charge on any atom is 0.152 e. The Hall–Kier alpha value is -1.89. The molecule has 2 aliphatic rings. The van der Waals surface area contributed by atoms with E-state index in [2.05, 4.69) is 62.4 Å². The smallest absolute Gasteiger partial charge is 0.152 e. The number of hydrogen-bond donors (Lipinski definition) is 0. The summed E-state index contributed by atoms with van der Waals surface area (Å²) >= 11 is 0. The van der Waals surface area contributed by atoms with Gasteiger partial charge in [0.15, 0.2) is 5.78 Å². The number of carbonyl (C=O) groups is 1. The molecule has 1 heteroatoms. The highest BCUT2D eigenvalue weighted by Crippen LogP contribution is 2.65. The van der Waals surface area contributed by atoms with Gasteiger partial charge in [-0.25, -0.2) is 0 Å². The van der Waals surface area contributed by atoms with Crippen molar-refractivity contribution in [2.45, 2.75) is 32.1 Å². The van der Waals surface area contributed by atoms with Crippen LogP contribution in [0.5, 0.6) is 0 Å². The Kier molecular flexibility index (Phi) is 2.84. The predicted molar refractivity (Wildman–Crippen MR) is 88.7 cm³/mol. The summed E-state index contributed by atoms with van der Waals surface area (Å²) < 4.78 is 0. The van der Waals surface area contributed by atoms with Crippen LogP contribution in [0, 0.1) is 17.3 Å². The zero-order valence-electron chi connectivity index (χ0n) is 13.3. The Balaban J connectivity index is 1.92. The number of carbonyl (C=O) groups excluding carboxylic acids is 1. The van der Waals surface area contributed by atoms with Gasteiger partial charge in [-0.15, -0.1) is 0 Å². The third kappa shape index (κ3) is 1.57. The van der Waals surface area contributed by atoms with Crippen LogP contribution in [0.15, 0.2) is 60.7 Å². The van der Waals surface area contributed by atoms with Gasteiger partial charge in [-0.3, -0.25) is 4.79 Å². The first-order chi connectivity index (χ1) is 10.6. The molecule has 0 spiro atoms. The Morgan fingerprint density at radius 2 is 1.36 bits per heavy atom. The summed E-state index contributed by atoms with van der Waals surface area (Å²) in [6.07, 6.45) is 2.29. The van der Waals surface area contributed by atoms with Crippen molar-refractivity contribution in [3.8, 4) is 0 Å². The van der Waals surface area contributed by atoms with Crippen molar-refractivity contribution in [2.24, 2.45) is 17.3 Å². The lowest BCUT2D eigenvalue weighted by atomic mass is 9.46. The zero-order chi connectivity index (χ0) is 15.4. The van der Waals surface area contributed by atoms with Crippen LogP contribution >= 0.6 is 0 Å². The van der Waals surface area contributed by atoms with E-state index < -0.39 is 5.41 Å². The quantitative estimate of drug-likeness (QED) is 0.789. The first-order valence-electron chi connectivity index (χ1n) is 8.24. The molecular formula is C21H22O. The number of Topliss-reactive ketones (excluding diaryl/α,β-unsaturated/α-hetero) is 1. The van der Waals surface area contributed by atoms with Gasteiger partial charge in [0.1, 0.15) is 0 Å². The molecule has 0 heterocycles. The Morgan fingerprint density at radius 3 is 1.86 bits per heavy atom. The molecule has 0 saturated heterocycles. The first kappa shape index (κ1) is 13.8. The van der Waals surface area contributed by atoms with Crippen molar-refractivity contribution in [1.29, 1.82) is 0 Å². The van der Waals surface area contributed by atoms with Gasteiger partial charge < -0.3 is 0 Å². The van der Waals surface area contributed by atoms with Crippen LogP contribution in [0.25, 0.3) is 0 Å². The van der Waals surface area contributed by atoms with Crippen LogP contribution in [0.2, 0.25) is 0 Å². The summed E-state index contributed by atoms with van der Waals surface area (Å²) in [5.74, 6) is 1.09. The summed E-state index contributed by atoms with van der Waals surface area (Å²) in [5.41, 5.74) is 2.07. The van der Waals surface area contributed by atoms with Gasteiger partial charge in [-0.1, -0.05) is 74.5 Å². The molecule has 2 fully saturated rings. The van der Waals surface area contributed by atoms with Crippen molar-refractivity contribution < 1.29 is 4.79 Å². The van der Waals surface area contributed by atoms with Crippen molar-refractivity contribution in [3.05, 3.63) is 71.8 Å². The highest BCUT2D eigenvalue weighted by Gasteiger charge is 2.69. The van der Waals surface area contributed by atoms with E-state index in [1.807, 2.05) is 12.1 Å². The van der Waals surface area contributed by atoms with E-state index in [-0.39, 0.29) is 11.3 Å². The normalized spacial score (nSPS) is 28.0. The van der Waals surface area contributed by atoms with Gasteiger partial charge in [0, 0.05) is 5.92 Å². The topological polar surface area (TPSA) is 17.1 Å². The molecule has 0 amide bonds. The Labute approximate surface area is 132 Å². The fourth-order valence-electron chi connectivity index (χ4n) is 5.01. The van der Waals surface area contributed by atoms with Crippen LogP contribution in [0.3, 0.4) is 0 Å². The average molecular weight is 290 g/mol. The minimum atomic E-state index is -0.416. The fraction of sp³-hybridized carbons (Fsp3) is 0.381. The minimum absolute atomic E-state index is 0.148. The summed E-state index contributed by atoms with van der Waals surface area (Å²) in [6, 6.07) is 20.8. The Bertz CT molecular complexity index is 660. The molecule has 0 aromatic heterocycles. The van der Waals surface area contributed by atoms with E-state index in [0.717, 1.165) is 12.8 Å². The number of rotatable bonds is 2. The SMILES string of the molecule is CC1(C)CC[C@H]2[C@@H]1C(=O)C2(c1ccccc1)c1ccccc1. The van der Waals surface area contributed by atoms with Gasteiger partial charge in [0.25, 0.3) is 0 Å². The van der Waals surface area contributed by atoms with E-state index in [9.17, 15) is 4.79 Å². The number of ketones is 1. The lowest BCUT2D eigenvalue weighted by Gasteiger charge is -2.54. The maximum absolute atomic E-state index is 13.4. The van der Waals surface area contributed by atoms with Gasteiger partial charge in [0.2, 0.25) is 0 Å². The molecule has 0 bridgehead atoms. The van der Waals surface area contributed by atoms with Gasteiger partial charge >= 0.3 is 0 Å². The molecule has 0 aliphatic heterocycles. The zero-order valence-corrected chi connectivity index (χ0v) is 13.3. The highest BCUT2D eigenvalue weighted by molar-refractivity contribution is 6.03. The molecule has 2 aromatic rings. The van der Waals surface area contributed by atoms with Gasteiger partial charge in [-0.2, -0.15) is 0 Å². The van der Waals surface area contributed by atoms with Crippen LogP contribution in [-0.4, -0.2) is 5.78 Å². The van der Waals surface area contributed by atoms with E-state index >= 15 is 0 Å². The lowest BCUT2D eigenvalue weighted by Crippen LogP contribution is -2.62. The third-order valence-corrected chi connectivity index (χ3v) is 6.03. The second kappa shape index (κ2) is 4.55. The third-order valence-electron chi connectivity index (χ3n) is 6.03. The molecule has 22 heavy (non-hydrogen) atoms. The van der Waals surface area contributed by atoms with Crippen LogP contribution < -0.4 is 0 Å². The molecule has 0 N–H and O–H groups in total. The molecule has 2 aliphatic carbocycles. The number of fused-ring (bicyclic) bond motifs is 1. The van der Waals surface area contributed by atoms with E-state index in [1.54, 1.807) is 0 Å². The van der Waals surface area contributed by atoms with Gasteiger partial charge in [-0.05, 0) is 35.3 Å². The minimum Gasteiger partial charge on any atom is -0.298 e. The summed E-state index contributed by atoms with van der Waals surface area (Å²) in [5, 5.41) is 0. The molecule has 1 nitrogen and oxygen atoms in total. The van der Waals surface area contributed by atoms with E-state index in [0.29, 0.717) is 11.7 Å². The van der Waals surface area contributed by atoms with Crippen molar-refractivity contribution in [1.82, 2.24) is 0 Å². The molecule has 2 atom stereocenters. The van der Waals surface area contributed by atoms with Crippen molar-refractivity contribution in [3.63, 3.8) is 0 Å². The molecule has 0 radical (unpaired) electrons. The van der Waals surface area contributed by atoms with Crippen molar-refractivity contribution in [2.75, 3.05) is 0 Å². The highest BCUT2D eigenvalue weighted by atomic mass is 16.1. The monoisotopic (exact) mass is 290 g/mol. The van der Waals surface area contributed by atoms with Crippen molar-refractivity contribution >= 4 is 5.78 Å². The van der Waals surface area contributed by atoms with Crippen LogP contribution in [0.4, 0.5) is 0 Å². The van der Waals surface area contributed by atoms with Gasteiger partial charge in [0.05, 0.1) is 5.41 Å². The average Bonchev–Trinajstić information content (AvgIpc) is 2.82. The summed E-state index contributed by atoms with van der Waals surface area (Å²) in [7, 11) is 0. The second-order valence-corrected chi connectivity index (χ2v) is 7.52. The first-order valence-corrected chi connectivity index (χ1v) is 8.24. The molecule has 4 rings (SSSR count). The molecule has 2 saturated carbocycles. The predicted octanol–water partition coefficient (Wildman–Crippen LogP) is 4.61. The summed E-state index contributed by atoms with van der Waals surface area (Å²) in [6.45, 7) is 4.52. The maximum atomic E-state index is 13.4. The number of benzene rings is 2. The molecule has 2 aromatic carbocycles. The van der Waals surface area contributed by atoms with E-state index in [4.69, 9.17) is 0 Å². The standard InChI is InChI=1S/C21H22O/c1-20(2)14-13-17-18(20)19(22)21(17,15-9-5-3-6-10-15)16-11-7-4-8-12-16/h3-12,17-18H,13-14H2,1-2H3/t17-,18+/m0/s1. The largest absolute Gasteiger partial charge is 0.298 e. The Morgan fingerprint density at radius 1 is 0.864 bits per heavy atom. The lowest BCUT2D eigenvalue weighted by molar-refractivity contribution is -0.146. The van der Waals surface area contributed by atoms with E-state index in [1.165, 1.54) is 11.1 Å².